The van der Waals surface area contributed by atoms with Crippen LogP contribution < -0.4 is 5.56 Å². The maximum absolute atomic E-state index is 12.9. The van der Waals surface area contributed by atoms with Crippen molar-refractivity contribution in [2.75, 3.05) is 0 Å². The van der Waals surface area contributed by atoms with Crippen LogP contribution in [0.1, 0.15) is 76.7 Å². The van der Waals surface area contributed by atoms with Gasteiger partial charge < -0.3 is 4.57 Å². The van der Waals surface area contributed by atoms with Crippen molar-refractivity contribution in [3.05, 3.63) is 53.0 Å². The zero-order valence-corrected chi connectivity index (χ0v) is 17.4. The molecule has 4 heteroatoms. The minimum atomic E-state index is 0.0600. The van der Waals surface area contributed by atoms with E-state index in [2.05, 4.69) is 32.7 Å². The molecule has 2 bridgehead atoms. The molecule has 5 rings (SSSR count). The summed E-state index contributed by atoms with van der Waals surface area (Å²) >= 11 is 0. The van der Waals surface area contributed by atoms with Crippen molar-refractivity contribution in [3.8, 4) is 0 Å². The smallest absolute Gasteiger partial charge is 0.269 e. The molecule has 0 radical (unpaired) electrons. The first-order chi connectivity index (χ1) is 14.3. The highest BCUT2D eigenvalue weighted by atomic mass is 16.1. The van der Waals surface area contributed by atoms with E-state index in [0.29, 0.717) is 18.1 Å². The fourth-order valence-corrected chi connectivity index (χ4v) is 6.16. The van der Waals surface area contributed by atoms with Crippen molar-refractivity contribution >= 4 is 11.0 Å². The summed E-state index contributed by atoms with van der Waals surface area (Å²) in [6.07, 6.45) is 20.4. The van der Waals surface area contributed by atoms with Crippen molar-refractivity contribution in [1.29, 1.82) is 0 Å². The van der Waals surface area contributed by atoms with Gasteiger partial charge in [0.2, 0.25) is 0 Å². The van der Waals surface area contributed by atoms with Gasteiger partial charge in [-0.3, -0.25) is 9.69 Å². The number of para-hydroxylation sites is 2. The van der Waals surface area contributed by atoms with Crippen LogP contribution >= 0.6 is 0 Å². The highest BCUT2D eigenvalue weighted by Crippen LogP contribution is 2.41. The highest BCUT2D eigenvalue weighted by molar-refractivity contribution is 5.74. The molecule has 3 aliphatic rings. The van der Waals surface area contributed by atoms with Crippen molar-refractivity contribution in [2.45, 2.75) is 94.8 Å². The van der Waals surface area contributed by atoms with Crippen molar-refractivity contribution < 1.29 is 0 Å². The summed E-state index contributed by atoms with van der Waals surface area (Å²) in [6.45, 7) is 0. The molecule has 2 fully saturated rings. The third-order valence-corrected chi connectivity index (χ3v) is 7.43. The van der Waals surface area contributed by atoms with Crippen LogP contribution in [0.3, 0.4) is 0 Å². The Kier molecular flexibility index (Phi) is 5.54. The Balaban J connectivity index is 1.49. The van der Waals surface area contributed by atoms with E-state index in [0.717, 1.165) is 23.9 Å². The van der Waals surface area contributed by atoms with E-state index in [1.165, 1.54) is 64.0 Å². The molecular weight excluding hydrogens is 358 g/mol. The maximum atomic E-state index is 12.9. The number of hydrogen-bond donors (Lipinski definition) is 0. The molecule has 2 aromatic rings. The van der Waals surface area contributed by atoms with Crippen molar-refractivity contribution in [1.82, 2.24) is 14.5 Å². The summed E-state index contributed by atoms with van der Waals surface area (Å²) in [4.78, 5) is 20.1. The van der Waals surface area contributed by atoms with E-state index in [9.17, 15) is 4.79 Å². The SMILES string of the molecule is O=c1cnc2ccccc2n1C1C[C@H]2CCCC[C@@H](C1)N2C1/C=C\CCCCC1. The lowest BCUT2D eigenvalue weighted by atomic mass is 9.86. The molecule has 154 valence electrons. The van der Waals surface area contributed by atoms with Crippen LogP contribution in [0.15, 0.2) is 47.4 Å². The topological polar surface area (TPSA) is 38.1 Å². The maximum Gasteiger partial charge on any atom is 0.269 e. The molecule has 0 amide bonds. The van der Waals surface area contributed by atoms with Crippen LogP contribution in [0.2, 0.25) is 0 Å². The Morgan fingerprint density at radius 3 is 2.45 bits per heavy atom. The van der Waals surface area contributed by atoms with Crippen LogP contribution in [0.4, 0.5) is 0 Å². The summed E-state index contributed by atoms with van der Waals surface area (Å²) in [7, 11) is 0. The second-order valence-corrected chi connectivity index (χ2v) is 9.25. The average molecular weight is 392 g/mol. The minimum Gasteiger partial charge on any atom is -0.302 e. The van der Waals surface area contributed by atoms with E-state index >= 15 is 0 Å². The van der Waals surface area contributed by atoms with Crippen LogP contribution in [0.5, 0.6) is 0 Å². The Morgan fingerprint density at radius 1 is 0.862 bits per heavy atom. The van der Waals surface area contributed by atoms with Crippen molar-refractivity contribution in [2.24, 2.45) is 0 Å². The number of rotatable bonds is 2. The van der Waals surface area contributed by atoms with Gasteiger partial charge >= 0.3 is 0 Å². The molecule has 1 aromatic heterocycles. The van der Waals surface area contributed by atoms with Gasteiger partial charge in [-0.2, -0.15) is 0 Å². The van der Waals surface area contributed by atoms with Gasteiger partial charge in [-0.25, -0.2) is 4.98 Å². The molecule has 0 saturated carbocycles. The molecular formula is C25H33N3O. The Hall–Kier alpha value is -1.94. The molecule has 1 aliphatic carbocycles. The summed E-state index contributed by atoms with van der Waals surface area (Å²) in [5.41, 5.74) is 1.99. The molecule has 4 nitrogen and oxygen atoms in total. The largest absolute Gasteiger partial charge is 0.302 e. The zero-order valence-electron chi connectivity index (χ0n) is 17.4. The third kappa shape index (κ3) is 3.79. The van der Waals surface area contributed by atoms with Crippen LogP contribution in [0, 0.1) is 0 Å². The summed E-state index contributed by atoms with van der Waals surface area (Å²) in [6, 6.07) is 10.2. The number of aromatic nitrogens is 2. The van der Waals surface area contributed by atoms with Gasteiger partial charge in [0.1, 0.15) is 0 Å². The first kappa shape index (κ1) is 19.0. The lowest BCUT2D eigenvalue weighted by Gasteiger charge is -2.48. The highest BCUT2D eigenvalue weighted by Gasteiger charge is 2.40. The molecule has 1 aromatic carbocycles. The molecule has 2 unspecified atom stereocenters. The normalized spacial score (nSPS) is 32.3. The number of piperidine rings is 1. The monoisotopic (exact) mass is 391 g/mol. The van der Waals surface area contributed by atoms with Gasteiger partial charge in [0, 0.05) is 24.2 Å². The van der Waals surface area contributed by atoms with Gasteiger partial charge in [0.15, 0.2) is 0 Å². The second-order valence-electron chi connectivity index (χ2n) is 9.25. The fraction of sp³-hybridized carbons (Fsp3) is 0.600. The molecule has 0 N–H and O–H groups in total. The standard InChI is InChI=1S/C25H33N3O/c29-25-18-26-23-14-8-9-15-24(23)28(25)22-16-20-12-6-7-13-21(17-22)27(20)19-10-4-2-1-3-5-11-19/h4,8-10,14-15,18-22H,1-3,5-7,11-13,16-17H2/b10-4-/t19?,20-,21+,22?. The zero-order chi connectivity index (χ0) is 19.6. The fourth-order valence-electron chi connectivity index (χ4n) is 6.16. The average Bonchev–Trinajstić information content (AvgIpc) is 2.83. The van der Waals surface area contributed by atoms with Crippen LogP contribution in [0.25, 0.3) is 11.0 Å². The summed E-state index contributed by atoms with van der Waals surface area (Å²) in [5, 5.41) is 0. The van der Waals surface area contributed by atoms with E-state index in [1.807, 2.05) is 18.2 Å². The lowest BCUT2D eigenvalue weighted by Crippen LogP contribution is -2.53. The van der Waals surface area contributed by atoms with Gasteiger partial charge in [0.05, 0.1) is 17.2 Å². The molecule has 3 heterocycles. The predicted octanol–water partition coefficient (Wildman–Crippen LogP) is 5.23. The molecule has 2 aliphatic heterocycles. The van der Waals surface area contributed by atoms with Gasteiger partial charge in [-0.1, -0.05) is 50.0 Å². The number of allylic oxidation sites excluding steroid dienone is 1. The summed E-state index contributed by atoms with van der Waals surface area (Å²) in [5.74, 6) is 0. The van der Waals surface area contributed by atoms with E-state index in [-0.39, 0.29) is 11.6 Å². The Bertz CT molecular complexity index is 917. The second kappa shape index (κ2) is 8.43. The van der Waals surface area contributed by atoms with Crippen LogP contribution in [-0.4, -0.2) is 32.6 Å². The Morgan fingerprint density at radius 2 is 1.62 bits per heavy atom. The van der Waals surface area contributed by atoms with Gasteiger partial charge in [-0.05, 0) is 57.1 Å². The first-order valence-corrected chi connectivity index (χ1v) is 11.7. The number of nitrogens with zero attached hydrogens (tertiary/aromatic N) is 3. The first-order valence-electron chi connectivity index (χ1n) is 11.7. The Labute approximate surface area is 173 Å². The molecule has 0 spiro atoms. The lowest BCUT2D eigenvalue weighted by molar-refractivity contribution is 0.0305. The number of benzene rings is 1. The van der Waals surface area contributed by atoms with Crippen molar-refractivity contribution in [3.63, 3.8) is 0 Å². The molecule has 29 heavy (non-hydrogen) atoms. The number of fused-ring (bicyclic) bond motifs is 3. The molecule has 2 saturated heterocycles. The number of hydrogen-bond acceptors (Lipinski definition) is 3. The van der Waals surface area contributed by atoms with Gasteiger partial charge in [0.25, 0.3) is 5.56 Å². The van der Waals surface area contributed by atoms with E-state index < -0.39 is 0 Å². The predicted molar refractivity (Wildman–Crippen MR) is 118 cm³/mol. The van der Waals surface area contributed by atoms with Crippen LogP contribution in [-0.2, 0) is 0 Å². The van der Waals surface area contributed by atoms with E-state index in [1.54, 1.807) is 0 Å². The quantitative estimate of drug-likeness (QED) is 0.658. The van der Waals surface area contributed by atoms with E-state index in [4.69, 9.17) is 0 Å². The minimum absolute atomic E-state index is 0.0600. The molecule has 4 atom stereocenters. The summed E-state index contributed by atoms with van der Waals surface area (Å²) < 4.78 is 2.07. The van der Waals surface area contributed by atoms with Gasteiger partial charge in [-0.15, -0.1) is 0 Å². The third-order valence-electron chi connectivity index (χ3n) is 7.43.